The minimum Gasteiger partial charge on any atom is -0.547 e. The number of aliphatic carboxylic acids is 1. The first-order valence-electron chi connectivity index (χ1n) is 4.99. The minimum absolute atomic E-state index is 0.549. The number of halogens is 2. The summed E-state index contributed by atoms with van der Waals surface area (Å²) in [5.74, 6) is 0.167. The molecule has 19 heavy (non-hydrogen) atoms. The molecule has 0 aliphatic heterocycles. The van der Waals surface area contributed by atoms with E-state index < -0.39 is 10.8 Å². The average molecular weight is 329 g/mol. The molecule has 1 amide bonds. The largest absolute Gasteiger partial charge is 0.547 e. The molecule has 0 saturated heterocycles. The van der Waals surface area contributed by atoms with E-state index in [9.17, 15) is 14.7 Å². The molecule has 0 aliphatic rings. The van der Waals surface area contributed by atoms with Gasteiger partial charge in [-0.2, -0.15) is 0 Å². The lowest BCUT2D eigenvalue weighted by Gasteiger charge is -1.96. The summed E-state index contributed by atoms with van der Waals surface area (Å²) >= 11 is 10.9. The number of amides is 1. The SMILES string of the molecule is Cc1n(C)c(SCNC=O)n[n+]1C.O=C([O-])C(Cl)Cl. The van der Waals surface area contributed by atoms with Gasteiger partial charge in [0.1, 0.15) is 11.9 Å². The van der Waals surface area contributed by atoms with E-state index in [1.165, 1.54) is 11.8 Å². The Bertz CT molecular complexity index is 439. The molecule has 0 unspecified atom stereocenters. The maximum Gasteiger partial charge on any atom is 0.296 e. The number of carboxylic acid groups (broad SMARTS) is 1. The molecule has 0 aromatic carbocycles. The quantitative estimate of drug-likeness (QED) is 0.185. The van der Waals surface area contributed by atoms with Crippen LogP contribution in [0.25, 0.3) is 0 Å². The third-order valence-corrected chi connectivity index (χ3v) is 3.30. The van der Waals surface area contributed by atoms with Gasteiger partial charge >= 0.3 is 0 Å². The molecule has 1 heterocycles. The smallest absolute Gasteiger partial charge is 0.296 e. The Morgan fingerprint density at radius 2 is 2.21 bits per heavy atom. The van der Waals surface area contributed by atoms with Gasteiger partial charge in [-0.1, -0.05) is 23.2 Å². The van der Waals surface area contributed by atoms with Crippen molar-refractivity contribution >= 4 is 47.3 Å². The van der Waals surface area contributed by atoms with E-state index in [1.54, 1.807) is 0 Å². The molecule has 0 spiro atoms. The van der Waals surface area contributed by atoms with Gasteiger partial charge in [-0.15, -0.1) is 4.68 Å². The third-order valence-electron chi connectivity index (χ3n) is 2.02. The van der Waals surface area contributed by atoms with Crippen molar-refractivity contribution in [3.63, 3.8) is 0 Å². The van der Waals surface area contributed by atoms with Crippen LogP contribution in [0.1, 0.15) is 5.82 Å². The summed E-state index contributed by atoms with van der Waals surface area (Å²) in [6.45, 7) is 1.99. The lowest BCUT2D eigenvalue weighted by molar-refractivity contribution is -0.736. The first-order valence-corrected chi connectivity index (χ1v) is 6.85. The highest BCUT2D eigenvalue weighted by Gasteiger charge is 2.15. The maximum absolute atomic E-state index is 10.00. The fraction of sp³-hybridized carbons (Fsp3) is 0.556. The number of carboxylic acids is 1. The number of hydrogen-bond donors (Lipinski definition) is 1. The van der Waals surface area contributed by atoms with Gasteiger partial charge in [0.2, 0.25) is 6.41 Å². The molecule has 0 radical (unpaired) electrons. The molecule has 0 atom stereocenters. The van der Waals surface area contributed by atoms with Crippen molar-refractivity contribution in [3.8, 4) is 0 Å². The van der Waals surface area contributed by atoms with Crippen LogP contribution in [-0.2, 0) is 23.7 Å². The zero-order chi connectivity index (χ0) is 15.0. The monoisotopic (exact) mass is 328 g/mol. The van der Waals surface area contributed by atoms with Crippen LogP contribution in [-0.4, -0.2) is 32.8 Å². The summed E-state index contributed by atoms with van der Waals surface area (Å²) < 4.78 is 3.79. The van der Waals surface area contributed by atoms with Gasteiger partial charge in [-0.25, -0.2) is 4.57 Å². The van der Waals surface area contributed by atoms with Crippen molar-refractivity contribution < 1.29 is 19.4 Å². The molecule has 1 rings (SSSR count). The number of nitrogens with zero attached hydrogens (tertiary/aromatic N) is 3. The van der Waals surface area contributed by atoms with Gasteiger partial charge in [-0.3, -0.25) is 4.79 Å². The van der Waals surface area contributed by atoms with E-state index in [0.717, 1.165) is 11.0 Å². The van der Waals surface area contributed by atoms with Crippen LogP contribution >= 0.6 is 35.0 Å². The molecule has 108 valence electrons. The molecule has 1 N–H and O–H groups in total. The van der Waals surface area contributed by atoms with Gasteiger partial charge in [0.15, 0.2) is 0 Å². The standard InChI is InChI=1S/C7H12N4OS.C2H2Cl2O2/c1-6-10(2)7(9-11(6)3)13-5-8-4-12;3-1(4)2(5)6/h4H,5H2,1-3H3;1H,(H,5,6). The fourth-order valence-corrected chi connectivity index (χ4v) is 1.68. The average Bonchev–Trinajstić information content (AvgIpc) is 2.58. The Labute approximate surface area is 124 Å². The van der Waals surface area contributed by atoms with Crippen LogP contribution < -0.4 is 15.1 Å². The van der Waals surface area contributed by atoms with Crippen LogP contribution in [0.15, 0.2) is 5.16 Å². The lowest BCUT2D eigenvalue weighted by atomic mass is 10.7. The molecular formula is C9H14Cl2N4O3S. The highest BCUT2D eigenvalue weighted by Crippen LogP contribution is 2.11. The number of nitrogens with one attached hydrogen (secondary N) is 1. The fourth-order valence-electron chi connectivity index (χ4n) is 0.889. The molecule has 10 heteroatoms. The second-order valence-corrected chi connectivity index (χ2v) is 5.28. The van der Waals surface area contributed by atoms with E-state index in [1.807, 2.05) is 30.3 Å². The molecule has 0 aliphatic carbocycles. The van der Waals surface area contributed by atoms with Crippen molar-refractivity contribution in [1.82, 2.24) is 15.0 Å². The van der Waals surface area contributed by atoms with Crippen molar-refractivity contribution in [2.24, 2.45) is 14.1 Å². The van der Waals surface area contributed by atoms with Crippen molar-refractivity contribution in [1.29, 1.82) is 0 Å². The second-order valence-electron chi connectivity index (χ2n) is 3.24. The van der Waals surface area contributed by atoms with Crippen molar-refractivity contribution in [2.75, 3.05) is 5.88 Å². The topological polar surface area (TPSA) is 90.9 Å². The zero-order valence-corrected chi connectivity index (χ0v) is 12.9. The highest BCUT2D eigenvalue weighted by atomic mass is 35.5. The van der Waals surface area contributed by atoms with E-state index in [0.29, 0.717) is 12.3 Å². The minimum atomic E-state index is -1.46. The number of aryl methyl sites for hydroxylation is 1. The zero-order valence-electron chi connectivity index (χ0n) is 10.6. The third kappa shape index (κ3) is 6.65. The Hall–Kier alpha value is -0.990. The first kappa shape index (κ1) is 18.0. The Kier molecular flexibility index (Phi) is 8.53. The van der Waals surface area contributed by atoms with E-state index >= 15 is 0 Å². The summed E-state index contributed by atoms with van der Waals surface area (Å²) in [7, 11) is 3.85. The van der Waals surface area contributed by atoms with Gasteiger partial charge in [0, 0.05) is 6.92 Å². The van der Waals surface area contributed by atoms with E-state index in [-0.39, 0.29) is 0 Å². The van der Waals surface area contributed by atoms with Gasteiger partial charge < -0.3 is 15.2 Å². The van der Waals surface area contributed by atoms with Crippen LogP contribution in [0.3, 0.4) is 0 Å². The normalized spacial score (nSPS) is 9.79. The molecular weight excluding hydrogens is 315 g/mol. The molecule has 0 bridgehead atoms. The maximum atomic E-state index is 10.00. The number of alkyl halides is 2. The molecule has 0 fully saturated rings. The number of hydrogen-bond acceptors (Lipinski definition) is 5. The predicted molar refractivity (Wildman–Crippen MR) is 69.5 cm³/mol. The van der Waals surface area contributed by atoms with Crippen molar-refractivity contribution in [3.05, 3.63) is 5.82 Å². The van der Waals surface area contributed by atoms with E-state index in [2.05, 4.69) is 10.4 Å². The number of carbonyl (C=O) groups excluding carboxylic acids is 2. The predicted octanol–water partition coefficient (Wildman–Crippen LogP) is -1.11. The highest BCUT2D eigenvalue weighted by molar-refractivity contribution is 7.99. The summed E-state index contributed by atoms with van der Waals surface area (Å²) in [6.07, 6.45) is 0.683. The van der Waals surface area contributed by atoms with Crippen LogP contribution in [0.2, 0.25) is 0 Å². The van der Waals surface area contributed by atoms with Gasteiger partial charge in [0.25, 0.3) is 11.0 Å². The Morgan fingerprint density at radius 1 is 1.68 bits per heavy atom. The number of carbonyl (C=O) groups is 2. The lowest BCUT2D eigenvalue weighted by Crippen LogP contribution is -2.33. The number of aromatic nitrogens is 3. The van der Waals surface area contributed by atoms with Crippen molar-refractivity contribution in [2.45, 2.75) is 16.9 Å². The second kappa shape index (κ2) is 9.00. The molecule has 7 nitrogen and oxygen atoms in total. The number of rotatable bonds is 5. The Morgan fingerprint density at radius 3 is 2.53 bits per heavy atom. The van der Waals surface area contributed by atoms with Crippen LogP contribution in [0.5, 0.6) is 0 Å². The van der Waals surface area contributed by atoms with E-state index in [4.69, 9.17) is 23.2 Å². The number of thioether (sulfide) groups is 1. The summed E-state index contributed by atoms with van der Waals surface area (Å²) in [5.41, 5.74) is 0. The molecule has 1 aromatic heterocycles. The van der Waals surface area contributed by atoms with Gasteiger partial charge in [0.05, 0.1) is 18.9 Å². The van der Waals surface area contributed by atoms with Crippen LogP contribution in [0, 0.1) is 6.92 Å². The molecule has 0 saturated carbocycles. The summed E-state index contributed by atoms with van der Waals surface area (Å²) in [4.78, 5) is 17.9. The summed E-state index contributed by atoms with van der Waals surface area (Å²) in [6, 6.07) is 0. The van der Waals surface area contributed by atoms with Gasteiger partial charge in [-0.05, 0) is 16.9 Å². The first-order chi connectivity index (χ1) is 8.81. The molecule has 1 aromatic rings. The van der Waals surface area contributed by atoms with Crippen LogP contribution in [0.4, 0.5) is 0 Å². The summed E-state index contributed by atoms with van der Waals surface area (Å²) in [5, 5.41) is 17.1. The Balaban J connectivity index is 0.000000459.